The molecule has 0 fully saturated rings. The number of hydrogen-bond donors (Lipinski definition) is 1. The highest BCUT2D eigenvalue weighted by molar-refractivity contribution is 5.36. The fourth-order valence-corrected chi connectivity index (χ4v) is 2.80. The number of hydrogen-bond acceptors (Lipinski definition) is 2. The van der Waals surface area contributed by atoms with Crippen LogP contribution in [0.2, 0.25) is 0 Å². The molecule has 0 aliphatic rings. The average molecular weight is 285 g/mol. The SMILES string of the molecule is CCCNC(c1ccc(CCC)cc1)c1cc(C)oc1C. The number of furan rings is 1. The second kappa shape index (κ2) is 7.46. The minimum atomic E-state index is 0.220. The lowest BCUT2D eigenvalue weighted by atomic mass is 9.97. The first-order valence-electron chi connectivity index (χ1n) is 8.04. The first-order chi connectivity index (χ1) is 10.2. The Labute approximate surface area is 128 Å². The zero-order valence-electron chi connectivity index (χ0n) is 13.7. The molecule has 0 saturated carbocycles. The molecule has 1 heterocycles. The molecule has 1 unspecified atom stereocenters. The second-order valence-corrected chi connectivity index (χ2v) is 5.75. The van der Waals surface area contributed by atoms with E-state index in [-0.39, 0.29) is 6.04 Å². The predicted octanol–water partition coefficient (Wildman–Crippen LogP) is 4.94. The number of benzene rings is 1. The fourth-order valence-electron chi connectivity index (χ4n) is 2.80. The van der Waals surface area contributed by atoms with Crippen molar-refractivity contribution in [2.75, 3.05) is 6.54 Å². The van der Waals surface area contributed by atoms with Gasteiger partial charge in [0, 0.05) is 5.56 Å². The monoisotopic (exact) mass is 285 g/mol. The maximum Gasteiger partial charge on any atom is 0.106 e. The highest BCUT2D eigenvalue weighted by Crippen LogP contribution is 2.27. The third kappa shape index (κ3) is 3.98. The van der Waals surface area contributed by atoms with Gasteiger partial charge >= 0.3 is 0 Å². The van der Waals surface area contributed by atoms with E-state index in [1.165, 1.54) is 23.1 Å². The van der Waals surface area contributed by atoms with E-state index in [2.05, 4.69) is 56.4 Å². The maximum atomic E-state index is 5.72. The Morgan fingerprint density at radius 3 is 2.29 bits per heavy atom. The largest absolute Gasteiger partial charge is 0.466 e. The van der Waals surface area contributed by atoms with Crippen LogP contribution in [0.4, 0.5) is 0 Å². The van der Waals surface area contributed by atoms with Crippen LogP contribution >= 0.6 is 0 Å². The lowest BCUT2D eigenvalue weighted by molar-refractivity contribution is 0.493. The molecule has 21 heavy (non-hydrogen) atoms. The van der Waals surface area contributed by atoms with Crippen molar-refractivity contribution in [3.05, 3.63) is 58.5 Å². The first-order valence-corrected chi connectivity index (χ1v) is 8.04. The van der Waals surface area contributed by atoms with E-state index in [9.17, 15) is 0 Å². The van der Waals surface area contributed by atoms with Crippen LogP contribution in [0.15, 0.2) is 34.7 Å². The summed E-state index contributed by atoms with van der Waals surface area (Å²) >= 11 is 0. The fraction of sp³-hybridized carbons (Fsp3) is 0.474. The van der Waals surface area contributed by atoms with E-state index in [0.717, 1.165) is 30.9 Å². The summed E-state index contributed by atoms with van der Waals surface area (Å²) in [4.78, 5) is 0. The van der Waals surface area contributed by atoms with Crippen molar-refractivity contribution in [2.24, 2.45) is 0 Å². The number of rotatable bonds is 7. The molecule has 0 amide bonds. The van der Waals surface area contributed by atoms with Crippen molar-refractivity contribution in [1.82, 2.24) is 5.32 Å². The molecule has 0 spiro atoms. The number of aryl methyl sites for hydroxylation is 3. The summed E-state index contributed by atoms with van der Waals surface area (Å²) in [7, 11) is 0. The molecule has 0 aliphatic carbocycles. The lowest BCUT2D eigenvalue weighted by Crippen LogP contribution is -2.23. The van der Waals surface area contributed by atoms with E-state index >= 15 is 0 Å². The molecular weight excluding hydrogens is 258 g/mol. The predicted molar refractivity (Wildman–Crippen MR) is 88.8 cm³/mol. The van der Waals surface area contributed by atoms with Crippen LogP contribution in [0.25, 0.3) is 0 Å². The average Bonchev–Trinajstić information content (AvgIpc) is 2.80. The van der Waals surface area contributed by atoms with Crippen LogP contribution in [0.1, 0.15) is 60.9 Å². The van der Waals surface area contributed by atoms with E-state index in [1.54, 1.807) is 0 Å². The van der Waals surface area contributed by atoms with Crippen molar-refractivity contribution < 1.29 is 4.42 Å². The van der Waals surface area contributed by atoms with Crippen molar-refractivity contribution in [3.8, 4) is 0 Å². The number of nitrogens with one attached hydrogen (secondary N) is 1. The smallest absolute Gasteiger partial charge is 0.106 e. The van der Waals surface area contributed by atoms with Gasteiger partial charge in [-0.3, -0.25) is 0 Å². The molecule has 0 aliphatic heterocycles. The summed E-state index contributed by atoms with van der Waals surface area (Å²) in [6.45, 7) is 9.48. The maximum absolute atomic E-state index is 5.72. The first kappa shape index (κ1) is 15.8. The molecule has 2 nitrogen and oxygen atoms in total. The van der Waals surface area contributed by atoms with Crippen molar-refractivity contribution in [1.29, 1.82) is 0 Å². The normalized spacial score (nSPS) is 12.6. The van der Waals surface area contributed by atoms with Crippen LogP contribution in [-0.4, -0.2) is 6.54 Å². The Morgan fingerprint density at radius 2 is 1.76 bits per heavy atom. The van der Waals surface area contributed by atoms with Gasteiger partial charge in [0.2, 0.25) is 0 Å². The van der Waals surface area contributed by atoms with Gasteiger partial charge in [-0.1, -0.05) is 44.5 Å². The van der Waals surface area contributed by atoms with E-state index in [1.807, 2.05) is 6.92 Å². The van der Waals surface area contributed by atoms with Gasteiger partial charge in [-0.05, 0) is 50.4 Å². The van der Waals surface area contributed by atoms with Gasteiger partial charge in [-0.2, -0.15) is 0 Å². The zero-order chi connectivity index (χ0) is 15.2. The minimum Gasteiger partial charge on any atom is -0.466 e. The summed E-state index contributed by atoms with van der Waals surface area (Å²) in [6, 6.07) is 11.4. The van der Waals surface area contributed by atoms with Crippen LogP contribution in [0.3, 0.4) is 0 Å². The van der Waals surface area contributed by atoms with Gasteiger partial charge in [0.15, 0.2) is 0 Å². The molecule has 1 aromatic carbocycles. The van der Waals surface area contributed by atoms with E-state index in [4.69, 9.17) is 4.42 Å². The Bertz CT molecular complexity index is 553. The molecule has 0 bridgehead atoms. The quantitative estimate of drug-likeness (QED) is 0.779. The van der Waals surface area contributed by atoms with Gasteiger partial charge in [0.1, 0.15) is 11.5 Å². The Hall–Kier alpha value is -1.54. The second-order valence-electron chi connectivity index (χ2n) is 5.75. The third-order valence-electron chi connectivity index (χ3n) is 3.84. The van der Waals surface area contributed by atoms with Gasteiger partial charge in [-0.15, -0.1) is 0 Å². The molecule has 2 aromatic rings. The van der Waals surface area contributed by atoms with E-state index in [0.29, 0.717) is 0 Å². The molecule has 0 saturated heterocycles. The van der Waals surface area contributed by atoms with Crippen LogP contribution in [-0.2, 0) is 6.42 Å². The highest BCUT2D eigenvalue weighted by atomic mass is 16.3. The summed E-state index contributed by atoms with van der Waals surface area (Å²) < 4.78 is 5.72. The molecule has 2 heteroatoms. The van der Waals surface area contributed by atoms with Crippen LogP contribution in [0, 0.1) is 13.8 Å². The van der Waals surface area contributed by atoms with Gasteiger partial charge < -0.3 is 9.73 Å². The topological polar surface area (TPSA) is 25.2 Å². The Kier molecular flexibility index (Phi) is 5.63. The Morgan fingerprint density at radius 1 is 1.05 bits per heavy atom. The molecule has 1 atom stereocenters. The molecule has 2 rings (SSSR count). The third-order valence-corrected chi connectivity index (χ3v) is 3.84. The molecule has 114 valence electrons. The lowest BCUT2D eigenvalue weighted by Gasteiger charge is -2.19. The van der Waals surface area contributed by atoms with Crippen molar-refractivity contribution >= 4 is 0 Å². The van der Waals surface area contributed by atoms with Gasteiger partial charge in [0.25, 0.3) is 0 Å². The summed E-state index contributed by atoms with van der Waals surface area (Å²) in [5.74, 6) is 1.99. The zero-order valence-corrected chi connectivity index (χ0v) is 13.7. The molecule has 0 radical (unpaired) electrons. The van der Waals surface area contributed by atoms with E-state index < -0.39 is 0 Å². The molecule has 1 aromatic heterocycles. The standard InChI is InChI=1S/C19H27NO/c1-5-7-16-8-10-17(11-9-16)19(20-12-6-2)18-13-14(3)21-15(18)4/h8-11,13,19-20H,5-7,12H2,1-4H3. The summed E-state index contributed by atoms with van der Waals surface area (Å²) in [5.41, 5.74) is 3.98. The minimum absolute atomic E-state index is 0.220. The highest BCUT2D eigenvalue weighted by Gasteiger charge is 2.18. The van der Waals surface area contributed by atoms with Crippen LogP contribution in [0.5, 0.6) is 0 Å². The Balaban J connectivity index is 2.28. The van der Waals surface area contributed by atoms with Crippen molar-refractivity contribution in [3.63, 3.8) is 0 Å². The summed E-state index contributed by atoms with van der Waals surface area (Å²) in [6.07, 6.45) is 3.47. The summed E-state index contributed by atoms with van der Waals surface area (Å²) in [5, 5.41) is 3.65. The van der Waals surface area contributed by atoms with Crippen molar-refractivity contribution in [2.45, 2.75) is 53.0 Å². The molecule has 1 N–H and O–H groups in total. The van der Waals surface area contributed by atoms with Crippen LogP contribution < -0.4 is 5.32 Å². The molecular formula is C19H27NO. The van der Waals surface area contributed by atoms with Gasteiger partial charge in [-0.25, -0.2) is 0 Å². The van der Waals surface area contributed by atoms with Gasteiger partial charge in [0.05, 0.1) is 6.04 Å².